The third-order valence-electron chi connectivity index (χ3n) is 3.53. The molecule has 0 unspecified atom stereocenters. The van der Waals surface area contributed by atoms with Crippen LogP contribution in [0.25, 0.3) is 0 Å². The fraction of sp³-hybridized carbons (Fsp3) is 0.263. The predicted molar refractivity (Wildman–Crippen MR) is 99.7 cm³/mol. The summed E-state index contributed by atoms with van der Waals surface area (Å²) in [5, 5.41) is 6.14. The number of para-hydroxylation sites is 1. The van der Waals surface area contributed by atoms with E-state index >= 15 is 0 Å². The van der Waals surface area contributed by atoms with Gasteiger partial charge in [-0.1, -0.05) is 55.5 Å². The second-order valence-corrected chi connectivity index (χ2v) is 5.27. The number of hydrogen-bond donors (Lipinski definition) is 2. The number of rotatable bonds is 8. The van der Waals surface area contributed by atoms with Gasteiger partial charge < -0.3 is 10.6 Å². The maximum atomic E-state index is 12.1. The summed E-state index contributed by atoms with van der Waals surface area (Å²) in [6, 6.07) is 16.7. The first-order valence-corrected chi connectivity index (χ1v) is 7.87. The maximum Gasteiger partial charge on any atom is 0.224 e. The minimum absolute atomic E-state index is 0. The lowest BCUT2D eigenvalue weighted by Gasteiger charge is -2.11. The number of carbonyl (C=O) groups excluding carboxylic acids is 2. The molecule has 24 heavy (non-hydrogen) atoms. The third-order valence-corrected chi connectivity index (χ3v) is 3.53. The highest BCUT2D eigenvalue weighted by Gasteiger charge is 2.10. The van der Waals surface area contributed by atoms with Crippen molar-refractivity contribution in [2.45, 2.75) is 26.3 Å². The molecule has 0 atom stereocenters. The van der Waals surface area contributed by atoms with Crippen LogP contribution < -0.4 is 10.6 Å². The molecule has 0 bridgehead atoms. The highest BCUT2D eigenvalue weighted by atomic mass is 35.5. The zero-order chi connectivity index (χ0) is 16.5. The van der Waals surface area contributed by atoms with Crippen molar-refractivity contribution < 1.29 is 9.59 Å². The summed E-state index contributed by atoms with van der Waals surface area (Å²) in [6.07, 6.45) is 0.397. The van der Waals surface area contributed by atoms with Crippen molar-refractivity contribution in [3.8, 4) is 0 Å². The SMILES string of the molecule is CCNCc1ccccc1NC(=O)CCC(=O)c1ccccc1.Cl. The van der Waals surface area contributed by atoms with Gasteiger partial charge in [-0.15, -0.1) is 12.4 Å². The van der Waals surface area contributed by atoms with Crippen LogP contribution >= 0.6 is 12.4 Å². The van der Waals surface area contributed by atoms with Gasteiger partial charge in [-0.3, -0.25) is 9.59 Å². The normalized spacial score (nSPS) is 9.88. The number of ketones is 1. The molecule has 0 radical (unpaired) electrons. The molecule has 0 saturated carbocycles. The summed E-state index contributed by atoms with van der Waals surface area (Å²) in [4.78, 5) is 24.1. The van der Waals surface area contributed by atoms with E-state index in [2.05, 4.69) is 10.6 Å². The lowest BCUT2D eigenvalue weighted by molar-refractivity contribution is -0.116. The van der Waals surface area contributed by atoms with Crippen LogP contribution in [0.1, 0.15) is 35.7 Å². The monoisotopic (exact) mass is 346 g/mol. The molecule has 2 aromatic rings. The topological polar surface area (TPSA) is 58.2 Å². The molecule has 1 amide bonds. The first-order valence-electron chi connectivity index (χ1n) is 7.87. The highest BCUT2D eigenvalue weighted by Crippen LogP contribution is 2.15. The van der Waals surface area contributed by atoms with Crippen molar-refractivity contribution in [3.05, 3.63) is 65.7 Å². The average Bonchev–Trinajstić information content (AvgIpc) is 2.59. The zero-order valence-corrected chi connectivity index (χ0v) is 14.6. The Kier molecular flexibility index (Phi) is 8.76. The van der Waals surface area contributed by atoms with Gasteiger partial charge in [-0.2, -0.15) is 0 Å². The van der Waals surface area contributed by atoms with Gasteiger partial charge in [0.25, 0.3) is 0 Å². The first kappa shape index (κ1) is 19.9. The van der Waals surface area contributed by atoms with Crippen molar-refractivity contribution in [3.63, 3.8) is 0 Å². The van der Waals surface area contributed by atoms with Gasteiger partial charge in [0.15, 0.2) is 5.78 Å². The Morgan fingerprint density at radius 1 is 0.917 bits per heavy atom. The van der Waals surface area contributed by atoms with E-state index in [1.54, 1.807) is 12.1 Å². The highest BCUT2D eigenvalue weighted by molar-refractivity contribution is 6.00. The fourth-order valence-corrected chi connectivity index (χ4v) is 2.26. The van der Waals surface area contributed by atoms with Crippen LogP contribution in [0.2, 0.25) is 0 Å². The van der Waals surface area contributed by atoms with Gasteiger partial charge in [-0.25, -0.2) is 0 Å². The van der Waals surface area contributed by atoms with E-state index in [-0.39, 0.29) is 36.9 Å². The Labute approximate surface area is 149 Å². The molecule has 2 rings (SSSR count). The molecule has 128 valence electrons. The fourth-order valence-electron chi connectivity index (χ4n) is 2.26. The quantitative estimate of drug-likeness (QED) is 0.714. The molecule has 2 N–H and O–H groups in total. The predicted octanol–water partition coefficient (Wildman–Crippen LogP) is 3.82. The summed E-state index contributed by atoms with van der Waals surface area (Å²) >= 11 is 0. The van der Waals surface area contributed by atoms with E-state index in [4.69, 9.17) is 0 Å². The van der Waals surface area contributed by atoms with Crippen LogP contribution in [-0.2, 0) is 11.3 Å². The van der Waals surface area contributed by atoms with Crippen LogP contribution in [-0.4, -0.2) is 18.2 Å². The number of benzene rings is 2. The molecule has 0 aliphatic rings. The lowest BCUT2D eigenvalue weighted by Crippen LogP contribution is -2.17. The molecule has 0 aromatic heterocycles. The van der Waals surface area contributed by atoms with Crippen LogP contribution in [0.4, 0.5) is 5.69 Å². The number of Topliss-reactive ketones (excluding diaryl/α,β-unsaturated/α-hetero) is 1. The van der Waals surface area contributed by atoms with Crippen molar-refractivity contribution in [1.29, 1.82) is 0 Å². The Hall–Kier alpha value is -2.17. The van der Waals surface area contributed by atoms with Gasteiger partial charge in [0, 0.05) is 30.6 Å². The van der Waals surface area contributed by atoms with Gasteiger partial charge >= 0.3 is 0 Å². The van der Waals surface area contributed by atoms with E-state index in [9.17, 15) is 9.59 Å². The zero-order valence-electron chi connectivity index (χ0n) is 13.7. The van der Waals surface area contributed by atoms with Crippen LogP contribution in [0, 0.1) is 0 Å². The number of hydrogen-bond acceptors (Lipinski definition) is 3. The van der Waals surface area contributed by atoms with E-state index in [0.29, 0.717) is 12.1 Å². The summed E-state index contributed by atoms with van der Waals surface area (Å²) in [6.45, 7) is 3.61. The molecule has 5 heteroatoms. The second kappa shape index (κ2) is 10.6. The average molecular weight is 347 g/mol. The smallest absolute Gasteiger partial charge is 0.224 e. The standard InChI is InChI=1S/C19H22N2O2.ClH/c1-2-20-14-16-10-6-7-11-17(16)21-19(23)13-12-18(22)15-8-4-3-5-9-15;/h3-11,20H,2,12-14H2,1H3,(H,21,23);1H. The molecular weight excluding hydrogens is 324 g/mol. The van der Waals surface area contributed by atoms with E-state index in [0.717, 1.165) is 17.8 Å². The van der Waals surface area contributed by atoms with Gasteiger partial charge in [0.1, 0.15) is 0 Å². The Morgan fingerprint density at radius 2 is 1.58 bits per heavy atom. The van der Waals surface area contributed by atoms with Gasteiger partial charge in [0.05, 0.1) is 0 Å². The van der Waals surface area contributed by atoms with E-state index < -0.39 is 0 Å². The number of halogens is 1. The second-order valence-electron chi connectivity index (χ2n) is 5.27. The summed E-state index contributed by atoms with van der Waals surface area (Å²) < 4.78 is 0. The number of anilines is 1. The number of carbonyl (C=O) groups is 2. The molecule has 4 nitrogen and oxygen atoms in total. The van der Waals surface area contributed by atoms with Crippen LogP contribution in [0.5, 0.6) is 0 Å². The van der Waals surface area contributed by atoms with Crippen molar-refractivity contribution in [1.82, 2.24) is 5.32 Å². The number of nitrogens with one attached hydrogen (secondary N) is 2. The molecule has 0 heterocycles. The molecule has 2 aromatic carbocycles. The molecule has 0 aliphatic heterocycles. The minimum atomic E-state index is -0.141. The Balaban J connectivity index is 0.00000288. The Morgan fingerprint density at radius 3 is 2.29 bits per heavy atom. The van der Waals surface area contributed by atoms with E-state index in [1.165, 1.54) is 0 Å². The summed E-state index contributed by atoms with van der Waals surface area (Å²) in [5.74, 6) is -0.153. The maximum absolute atomic E-state index is 12.1. The van der Waals surface area contributed by atoms with Crippen LogP contribution in [0.3, 0.4) is 0 Å². The molecule has 0 spiro atoms. The van der Waals surface area contributed by atoms with Crippen LogP contribution in [0.15, 0.2) is 54.6 Å². The van der Waals surface area contributed by atoms with Crippen molar-refractivity contribution in [2.24, 2.45) is 0 Å². The summed E-state index contributed by atoms with van der Waals surface area (Å²) in [7, 11) is 0. The number of amides is 1. The largest absolute Gasteiger partial charge is 0.326 e. The molecule has 0 aliphatic carbocycles. The van der Waals surface area contributed by atoms with Gasteiger partial charge in [0.2, 0.25) is 5.91 Å². The van der Waals surface area contributed by atoms with Crippen molar-refractivity contribution >= 4 is 29.8 Å². The molecular formula is C19H23ClN2O2. The first-order chi connectivity index (χ1) is 11.2. The lowest BCUT2D eigenvalue weighted by atomic mass is 10.1. The molecule has 0 saturated heterocycles. The molecule has 0 fully saturated rings. The Bertz CT molecular complexity index is 659. The van der Waals surface area contributed by atoms with E-state index in [1.807, 2.05) is 49.4 Å². The summed E-state index contributed by atoms with van der Waals surface area (Å²) in [5.41, 5.74) is 2.48. The van der Waals surface area contributed by atoms with Crippen molar-refractivity contribution in [2.75, 3.05) is 11.9 Å². The van der Waals surface area contributed by atoms with Gasteiger partial charge in [-0.05, 0) is 18.2 Å². The minimum Gasteiger partial charge on any atom is -0.326 e. The third kappa shape index (κ3) is 6.14.